The summed E-state index contributed by atoms with van der Waals surface area (Å²) >= 11 is 0. The molecule has 7 N–H and O–H groups in total. The Morgan fingerprint density at radius 1 is 1.50 bits per heavy atom. The van der Waals surface area contributed by atoms with Crippen molar-refractivity contribution in [1.29, 1.82) is 5.41 Å². The van der Waals surface area contributed by atoms with Crippen molar-refractivity contribution in [2.45, 2.75) is 24.5 Å². The van der Waals surface area contributed by atoms with E-state index >= 15 is 0 Å². The molecule has 0 unspecified atom stereocenters. The second kappa shape index (κ2) is 5.18. The molecule has 0 aliphatic carbocycles. The summed E-state index contributed by atoms with van der Waals surface area (Å²) in [5.74, 6) is -0.339. The first-order chi connectivity index (χ1) is 10.5. The number of aromatic amines is 1. The van der Waals surface area contributed by atoms with E-state index in [1.165, 1.54) is 17.1 Å². The maximum Gasteiger partial charge on any atom is 0.260 e. The van der Waals surface area contributed by atoms with Crippen LogP contribution in [-0.4, -0.2) is 60.6 Å². The Morgan fingerprint density at radius 2 is 2.23 bits per heavy atom. The predicted octanol–water partition coefficient (Wildman–Crippen LogP) is -2.38. The normalized spacial score (nSPS) is 28.3. The summed E-state index contributed by atoms with van der Waals surface area (Å²) in [6.07, 6.45) is -2.09. The van der Waals surface area contributed by atoms with Crippen molar-refractivity contribution in [3.8, 4) is 0 Å². The minimum atomic E-state index is -1.33. The lowest BCUT2D eigenvalue weighted by atomic mass is 10.1. The average molecular weight is 309 g/mol. The Balaban J connectivity index is 2.18. The van der Waals surface area contributed by atoms with Crippen molar-refractivity contribution in [2.24, 2.45) is 5.73 Å². The van der Waals surface area contributed by atoms with Gasteiger partial charge in [-0.3, -0.25) is 10.2 Å². The molecule has 0 radical (unpaired) electrons. The number of hydrogen-bond acceptors (Lipinski definition) is 7. The Kier molecular flexibility index (Phi) is 3.45. The number of aromatic nitrogens is 3. The van der Waals surface area contributed by atoms with Gasteiger partial charge in [0.1, 0.15) is 29.8 Å². The lowest BCUT2D eigenvalue weighted by Gasteiger charge is -2.17. The number of rotatable bonds is 3. The van der Waals surface area contributed by atoms with Gasteiger partial charge in [0, 0.05) is 11.8 Å². The highest BCUT2D eigenvalue weighted by Crippen LogP contribution is 2.32. The molecule has 0 saturated carbocycles. The minimum absolute atomic E-state index is 0.0905. The fourth-order valence-corrected chi connectivity index (χ4v) is 2.60. The molecule has 10 nitrogen and oxygen atoms in total. The van der Waals surface area contributed by atoms with E-state index < -0.39 is 36.7 Å². The lowest BCUT2D eigenvalue weighted by molar-refractivity contribution is -0.0508. The van der Waals surface area contributed by atoms with Crippen molar-refractivity contribution in [3.63, 3.8) is 0 Å². The third-order valence-electron chi connectivity index (χ3n) is 3.70. The fourth-order valence-electron chi connectivity index (χ4n) is 2.60. The first-order valence-electron chi connectivity index (χ1n) is 6.50. The van der Waals surface area contributed by atoms with Gasteiger partial charge in [0.25, 0.3) is 5.56 Å². The van der Waals surface area contributed by atoms with E-state index in [4.69, 9.17) is 21.0 Å². The highest BCUT2D eigenvalue weighted by Gasteiger charge is 2.44. The van der Waals surface area contributed by atoms with E-state index in [9.17, 15) is 15.0 Å². The van der Waals surface area contributed by atoms with Gasteiger partial charge in [-0.2, -0.15) is 0 Å². The minimum Gasteiger partial charge on any atom is -0.394 e. The van der Waals surface area contributed by atoms with Gasteiger partial charge in [-0.05, 0) is 0 Å². The zero-order valence-electron chi connectivity index (χ0n) is 11.3. The van der Waals surface area contributed by atoms with Crippen LogP contribution >= 0.6 is 0 Å². The summed E-state index contributed by atoms with van der Waals surface area (Å²) in [5, 5.41) is 36.7. The number of aliphatic hydroxyl groups excluding tert-OH is 3. The van der Waals surface area contributed by atoms with Gasteiger partial charge in [0.15, 0.2) is 6.23 Å². The second-order valence-electron chi connectivity index (χ2n) is 5.02. The summed E-state index contributed by atoms with van der Waals surface area (Å²) in [7, 11) is 0. The molecule has 1 saturated heterocycles. The maximum absolute atomic E-state index is 11.9. The van der Waals surface area contributed by atoms with Crippen LogP contribution in [-0.2, 0) is 4.74 Å². The molecule has 1 aliphatic heterocycles. The van der Waals surface area contributed by atoms with Gasteiger partial charge in [-0.25, -0.2) is 4.98 Å². The van der Waals surface area contributed by atoms with Crippen molar-refractivity contribution in [1.82, 2.24) is 14.5 Å². The SMILES string of the molecule is N=C(N)c1cn([C@H]2O[C@@H](CO)[C@H](O)[C@@H]2O)c2nc[nH]c(=O)c12. The molecule has 2 aromatic rings. The molecule has 0 amide bonds. The van der Waals surface area contributed by atoms with Crippen LogP contribution in [0.5, 0.6) is 0 Å². The number of nitrogens with one attached hydrogen (secondary N) is 2. The number of nitrogens with zero attached hydrogens (tertiary/aromatic N) is 2. The largest absolute Gasteiger partial charge is 0.394 e. The number of ether oxygens (including phenoxy) is 1. The number of nitrogens with two attached hydrogens (primary N) is 1. The Hall–Kier alpha value is -2.27. The van der Waals surface area contributed by atoms with Crippen LogP contribution in [0.15, 0.2) is 17.3 Å². The maximum atomic E-state index is 11.9. The summed E-state index contributed by atoms with van der Waals surface area (Å²) < 4.78 is 6.74. The average Bonchev–Trinajstić information content (AvgIpc) is 3.00. The lowest BCUT2D eigenvalue weighted by Crippen LogP contribution is -2.33. The molecular weight excluding hydrogens is 294 g/mol. The molecule has 3 heterocycles. The van der Waals surface area contributed by atoms with Crippen molar-refractivity contribution in [2.75, 3.05) is 6.61 Å². The van der Waals surface area contributed by atoms with E-state index in [0.29, 0.717) is 0 Å². The summed E-state index contributed by atoms with van der Waals surface area (Å²) in [6.45, 7) is -0.471. The van der Waals surface area contributed by atoms with Crippen LogP contribution in [0, 0.1) is 5.41 Å². The third kappa shape index (κ3) is 2.01. The zero-order chi connectivity index (χ0) is 16.0. The molecule has 4 atom stereocenters. The molecule has 0 spiro atoms. The topological polar surface area (TPSA) is 170 Å². The number of aliphatic hydroxyl groups is 3. The van der Waals surface area contributed by atoms with Crippen LogP contribution in [0.1, 0.15) is 11.8 Å². The Bertz CT molecular complexity index is 784. The predicted molar refractivity (Wildman–Crippen MR) is 74.4 cm³/mol. The monoisotopic (exact) mass is 309 g/mol. The quantitative estimate of drug-likeness (QED) is 0.271. The Morgan fingerprint density at radius 3 is 2.82 bits per heavy atom. The standard InChI is InChI=1S/C12H15N5O5/c13-9(14)4-1-17(10-6(4)11(21)16-3-15-10)12-8(20)7(19)5(2-18)22-12/h1,3,5,7-8,12,18-20H,2H2,(H3,13,14)(H,15,16,21)/t5-,7-,8-,12-/m0/s1. The van der Waals surface area contributed by atoms with Crippen molar-refractivity contribution >= 4 is 16.9 Å². The van der Waals surface area contributed by atoms with E-state index in [0.717, 1.165) is 0 Å². The molecular formula is C12H15N5O5. The number of hydrogen-bond donors (Lipinski definition) is 6. The molecule has 0 bridgehead atoms. The molecule has 3 rings (SSSR count). The first-order valence-corrected chi connectivity index (χ1v) is 6.50. The van der Waals surface area contributed by atoms with E-state index in [1.54, 1.807) is 0 Å². The number of amidine groups is 1. The molecule has 1 fully saturated rings. The Labute approximate surface area is 123 Å². The van der Waals surface area contributed by atoms with Gasteiger partial charge in [-0.1, -0.05) is 0 Å². The van der Waals surface area contributed by atoms with Crippen molar-refractivity contribution in [3.05, 3.63) is 28.4 Å². The second-order valence-corrected chi connectivity index (χ2v) is 5.02. The highest BCUT2D eigenvalue weighted by atomic mass is 16.6. The summed E-state index contributed by atoms with van der Waals surface area (Å²) in [6, 6.07) is 0. The molecule has 22 heavy (non-hydrogen) atoms. The fraction of sp³-hybridized carbons (Fsp3) is 0.417. The summed E-state index contributed by atoms with van der Waals surface area (Å²) in [5.41, 5.74) is 5.28. The molecule has 1 aliphatic rings. The summed E-state index contributed by atoms with van der Waals surface area (Å²) in [4.78, 5) is 18.4. The van der Waals surface area contributed by atoms with E-state index in [1.807, 2.05) is 0 Å². The number of H-pyrrole nitrogens is 1. The zero-order valence-corrected chi connectivity index (χ0v) is 11.3. The smallest absolute Gasteiger partial charge is 0.260 e. The van der Waals surface area contributed by atoms with Crippen molar-refractivity contribution < 1.29 is 20.1 Å². The number of fused-ring (bicyclic) bond motifs is 1. The molecule has 0 aromatic carbocycles. The van der Waals surface area contributed by atoms with Crippen LogP contribution in [0.2, 0.25) is 0 Å². The third-order valence-corrected chi connectivity index (χ3v) is 3.70. The van der Waals surface area contributed by atoms with Gasteiger partial charge < -0.3 is 35.3 Å². The van der Waals surface area contributed by atoms with Gasteiger partial charge in [0.05, 0.1) is 18.3 Å². The van der Waals surface area contributed by atoms with Crippen LogP contribution in [0.4, 0.5) is 0 Å². The molecule has 10 heteroatoms. The molecule has 118 valence electrons. The highest BCUT2D eigenvalue weighted by molar-refractivity contribution is 6.06. The number of nitrogen functional groups attached to an aromatic ring is 1. The van der Waals surface area contributed by atoms with Gasteiger partial charge >= 0.3 is 0 Å². The molecule has 2 aromatic heterocycles. The van der Waals surface area contributed by atoms with Gasteiger partial charge in [-0.15, -0.1) is 0 Å². The van der Waals surface area contributed by atoms with Gasteiger partial charge in [0.2, 0.25) is 0 Å². The first kappa shape index (κ1) is 14.7. The van der Waals surface area contributed by atoms with Crippen LogP contribution in [0.3, 0.4) is 0 Å². The van der Waals surface area contributed by atoms with E-state index in [2.05, 4.69) is 9.97 Å². The van der Waals surface area contributed by atoms with Crippen LogP contribution < -0.4 is 11.3 Å². The van der Waals surface area contributed by atoms with Crippen LogP contribution in [0.25, 0.3) is 11.0 Å². The van der Waals surface area contributed by atoms with E-state index in [-0.39, 0.29) is 22.4 Å².